The lowest BCUT2D eigenvalue weighted by atomic mass is 10.1. The molecule has 0 bridgehead atoms. The molecule has 0 aliphatic rings. The first-order valence-electron chi connectivity index (χ1n) is 9.32. The van der Waals surface area contributed by atoms with Gasteiger partial charge < -0.3 is 0 Å². The predicted octanol–water partition coefficient (Wildman–Crippen LogP) is 4.96. The summed E-state index contributed by atoms with van der Waals surface area (Å²) in [6.07, 6.45) is 12.2. The van der Waals surface area contributed by atoms with Crippen LogP contribution in [0.15, 0.2) is 30.3 Å². The molecule has 0 unspecified atom stereocenters. The zero-order chi connectivity index (χ0) is 17.5. The van der Waals surface area contributed by atoms with Gasteiger partial charge in [-0.05, 0) is 12.0 Å². The zero-order valence-electron chi connectivity index (χ0n) is 15.0. The van der Waals surface area contributed by atoms with Crippen LogP contribution in [0.1, 0.15) is 76.7 Å². The van der Waals surface area contributed by atoms with Crippen molar-refractivity contribution >= 4 is 10.3 Å². The highest BCUT2D eigenvalue weighted by atomic mass is 32.2. The second-order valence-electron chi connectivity index (χ2n) is 6.26. The first-order chi connectivity index (χ1) is 11.6. The normalized spacial score (nSPS) is 11.7. The smallest absolute Gasteiger partial charge is 0.258 e. The maximum absolute atomic E-state index is 11.7. The minimum Gasteiger partial charge on any atom is -0.258 e. The summed E-state index contributed by atoms with van der Waals surface area (Å²) in [6, 6.07) is 9.43. The molecule has 5 heteroatoms. The Kier molecular flexibility index (Phi) is 11.8. The van der Waals surface area contributed by atoms with Gasteiger partial charge in [-0.3, -0.25) is 4.18 Å². The van der Waals surface area contributed by atoms with E-state index in [0.717, 1.165) is 24.8 Å². The van der Waals surface area contributed by atoms with E-state index in [1.807, 2.05) is 30.3 Å². The van der Waals surface area contributed by atoms with Crippen molar-refractivity contribution in [2.75, 3.05) is 6.61 Å². The van der Waals surface area contributed by atoms with Crippen molar-refractivity contribution in [3.05, 3.63) is 35.9 Å². The van der Waals surface area contributed by atoms with Gasteiger partial charge in [0, 0.05) is 6.54 Å². The van der Waals surface area contributed by atoms with Crippen LogP contribution in [0.3, 0.4) is 0 Å². The molecule has 0 aromatic heterocycles. The number of benzene rings is 1. The Hall–Kier alpha value is -0.910. The van der Waals surface area contributed by atoms with Crippen molar-refractivity contribution in [3.8, 4) is 0 Å². The topological polar surface area (TPSA) is 55.4 Å². The number of hydrogen-bond donors (Lipinski definition) is 1. The molecule has 0 fully saturated rings. The Bertz CT molecular complexity index is 503. The van der Waals surface area contributed by atoms with Gasteiger partial charge in [0.25, 0.3) is 0 Å². The first-order valence-corrected chi connectivity index (χ1v) is 10.7. The van der Waals surface area contributed by atoms with E-state index in [0.29, 0.717) is 0 Å². The molecule has 0 radical (unpaired) electrons. The van der Waals surface area contributed by atoms with Gasteiger partial charge in [0.2, 0.25) is 0 Å². The zero-order valence-corrected chi connectivity index (χ0v) is 15.8. The molecule has 0 saturated carbocycles. The van der Waals surface area contributed by atoms with Crippen molar-refractivity contribution in [1.29, 1.82) is 0 Å². The second kappa shape index (κ2) is 13.4. The summed E-state index contributed by atoms with van der Waals surface area (Å²) >= 11 is 0. The molecule has 0 saturated heterocycles. The molecular weight excluding hydrogens is 322 g/mol. The molecule has 0 spiro atoms. The van der Waals surface area contributed by atoms with Gasteiger partial charge >= 0.3 is 10.3 Å². The highest BCUT2D eigenvalue weighted by Gasteiger charge is 2.09. The van der Waals surface area contributed by atoms with Crippen LogP contribution >= 0.6 is 0 Å². The average molecular weight is 356 g/mol. The summed E-state index contributed by atoms with van der Waals surface area (Å²) in [5.74, 6) is 0. The Labute approximate surface area is 148 Å². The standard InChI is InChI=1S/C19H33NO3S/c1-2-3-4-5-6-7-8-9-10-14-17-23-24(21,22)20-18-19-15-12-11-13-16-19/h11-13,15-16,20H,2-10,14,17-18H2,1H3. The fourth-order valence-electron chi connectivity index (χ4n) is 2.57. The third kappa shape index (κ3) is 11.6. The van der Waals surface area contributed by atoms with Gasteiger partial charge in [-0.2, -0.15) is 13.1 Å². The summed E-state index contributed by atoms with van der Waals surface area (Å²) in [4.78, 5) is 0. The highest BCUT2D eigenvalue weighted by molar-refractivity contribution is 7.84. The van der Waals surface area contributed by atoms with E-state index in [1.54, 1.807) is 0 Å². The lowest BCUT2D eigenvalue weighted by Gasteiger charge is -2.07. The summed E-state index contributed by atoms with van der Waals surface area (Å²) in [6.45, 7) is 2.77. The maximum atomic E-state index is 11.7. The number of rotatable bonds is 15. The molecule has 0 heterocycles. The average Bonchev–Trinajstić information content (AvgIpc) is 2.59. The third-order valence-corrected chi connectivity index (χ3v) is 5.01. The Morgan fingerprint density at radius 2 is 1.38 bits per heavy atom. The van der Waals surface area contributed by atoms with Gasteiger partial charge in [-0.15, -0.1) is 0 Å². The monoisotopic (exact) mass is 355 g/mol. The minimum atomic E-state index is -3.64. The number of nitrogens with one attached hydrogen (secondary N) is 1. The van der Waals surface area contributed by atoms with Gasteiger partial charge in [0.1, 0.15) is 0 Å². The van der Waals surface area contributed by atoms with Crippen LogP contribution in [0.5, 0.6) is 0 Å². The van der Waals surface area contributed by atoms with Crippen molar-refractivity contribution in [2.24, 2.45) is 0 Å². The molecular formula is C19H33NO3S. The lowest BCUT2D eigenvalue weighted by Crippen LogP contribution is -2.25. The first kappa shape index (κ1) is 21.1. The largest absolute Gasteiger partial charge is 0.336 e. The maximum Gasteiger partial charge on any atom is 0.336 e. The van der Waals surface area contributed by atoms with Crippen molar-refractivity contribution < 1.29 is 12.6 Å². The predicted molar refractivity (Wildman–Crippen MR) is 100.0 cm³/mol. The number of hydrogen-bond acceptors (Lipinski definition) is 3. The van der Waals surface area contributed by atoms with Gasteiger partial charge in [0.15, 0.2) is 0 Å². The molecule has 0 amide bonds. The molecule has 1 rings (SSSR count). The van der Waals surface area contributed by atoms with E-state index < -0.39 is 10.3 Å². The Morgan fingerprint density at radius 3 is 1.96 bits per heavy atom. The van der Waals surface area contributed by atoms with Crippen molar-refractivity contribution in [3.63, 3.8) is 0 Å². The van der Waals surface area contributed by atoms with Crippen molar-refractivity contribution in [1.82, 2.24) is 4.72 Å². The van der Waals surface area contributed by atoms with Gasteiger partial charge in [-0.1, -0.05) is 95.0 Å². The molecule has 4 nitrogen and oxygen atoms in total. The quantitative estimate of drug-likeness (QED) is 0.452. The van der Waals surface area contributed by atoms with Crippen LogP contribution in [0.25, 0.3) is 0 Å². The van der Waals surface area contributed by atoms with E-state index in [1.165, 1.54) is 44.9 Å². The van der Waals surface area contributed by atoms with Crippen LogP contribution in [0.2, 0.25) is 0 Å². The molecule has 24 heavy (non-hydrogen) atoms. The summed E-state index contributed by atoms with van der Waals surface area (Å²) in [7, 11) is -3.64. The van der Waals surface area contributed by atoms with Crippen LogP contribution in [-0.4, -0.2) is 15.0 Å². The molecule has 0 aliphatic carbocycles. The molecule has 0 aliphatic heterocycles. The van der Waals surface area contributed by atoms with Gasteiger partial charge in [-0.25, -0.2) is 0 Å². The Balaban J connectivity index is 1.96. The molecule has 138 valence electrons. The molecule has 1 N–H and O–H groups in total. The second-order valence-corrected chi connectivity index (χ2v) is 7.70. The van der Waals surface area contributed by atoms with Crippen molar-refractivity contribution in [2.45, 2.75) is 77.7 Å². The fourth-order valence-corrected chi connectivity index (χ4v) is 3.33. The van der Waals surface area contributed by atoms with E-state index in [2.05, 4.69) is 11.6 Å². The van der Waals surface area contributed by atoms with Crippen LogP contribution in [0, 0.1) is 0 Å². The van der Waals surface area contributed by atoms with E-state index in [4.69, 9.17) is 4.18 Å². The Morgan fingerprint density at radius 1 is 0.833 bits per heavy atom. The van der Waals surface area contributed by atoms with Crippen LogP contribution in [-0.2, 0) is 21.0 Å². The fraction of sp³-hybridized carbons (Fsp3) is 0.684. The number of unbranched alkanes of at least 4 members (excludes halogenated alkanes) is 9. The molecule has 1 aromatic rings. The summed E-state index contributed by atoms with van der Waals surface area (Å²) in [5, 5.41) is 0. The van der Waals surface area contributed by atoms with E-state index in [-0.39, 0.29) is 13.2 Å². The van der Waals surface area contributed by atoms with Crippen LogP contribution < -0.4 is 4.72 Å². The van der Waals surface area contributed by atoms with E-state index >= 15 is 0 Å². The summed E-state index contributed by atoms with van der Waals surface area (Å²) < 4.78 is 30.9. The van der Waals surface area contributed by atoms with Crippen LogP contribution in [0.4, 0.5) is 0 Å². The highest BCUT2D eigenvalue weighted by Crippen LogP contribution is 2.10. The minimum absolute atomic E-state index is 0.265. The lowest BCUT2D eigenvalue weighted by molar-refractivity contribution is 0.299. The summed E-state index contributed by atoms with van der Waals surface area (Å²) in [5.41, 5.74) is 0.920. The molecule has 0 atom stereocenters. The SMILES string of the molecule is CCCCCCCCCCCCOS(=O)(=O)NCc1ccccc1. The molecule has 1 aromatic carbocycles. The third-order valence-electron chi connectivity index (χ3n) is 4.03. The van der Waals surface area contributed by atoms with Gasteiger partial charge in [0.05, 0.1) is 6.61 Å². The van der Waals surface area contributed by atoms with E-state index in [9.17, 15) is 8.42 Å².